The Labute approximate surface area is 85.0 Å². The number of hydrogen-bond acceptors (Lipinski definition) is 2. The van der Waals surface area contributed by atoms with Crippen molar-refractivity contribution >= 4 is 5.97 Å². The van der Waals surface area contributed by atoms with Crippen LogP contribution in [0.1, 0.15) is 20.3 Å². The molecule has 1 atom stereocenters. The van der Waals surface area contributed by atoms with E-state index in [9.17, 15) is 4.79 Å². The third-order valence-electron chi connectivity index (χ3n) is 2.34. The molecule has 2 heteroatoms. The molecule has 0 spiro atoms. The molecule has 1 aliphatic carbocycles. The van der Waals surface area contributed by atoms with Crippen LogP contribution in [0.3, 0.4) is 0 Å². The number of hydrogen-bond donors (Lipinski definition) is 0. The summed E-state index contributed by atoms with van der Waals surface area (Å²) in [6.45, 7) is 3.88. The molecule has 0 amide bonds. The first kappa shape index (κ1) is 10.8. The number of esters is 1. The molecule has 1 aliphatic rings. The first-order valence-electron chi connectivity index (χ1n) is 4.69. The summed E-state index contributed by atoms with van der Waals surface area (Å²) in [6, 6.07) is 0. The summed E-state index contributed by atoms with van der Waals surface area (Å²) in [6.07, 6.45) is 11.1. The van der Waals surface area contributed by atoms with Crippen LogP contribution in [0.5, 0.6) is 0 Å². The van der Waals surface area contributed by atoms with E-state index in [1.807, 2.05) is 18.2 Å². The van der Waals surface area contributed by atoms with Crippen LogP contribution in [0.2, 0.25) is 0 Å². The van der Waals surface area contributed by atoms with E-state index in [2.05, 4.69) is 23.8 Å². The Balaban J connectivity index is 2.80. The van der Waals surface area contributed by atoms with Crippen LogP contribution in [-0.2, 0) is 9.53 Å². The zero-order chi connectivity index (χ0) is 10.6. The van der Waals surface area contributed by atoms with Gasteiger partial charge in [0.1, 0.15) is 0 Å². The molecule has 0 aromatic carbocycles. The molecule has 0 unspecified atom stereocenters. The van der Waals surface area contributed by atoms with Crippen molar-refractivity contribution in [2.45, 2.75) is 20.3 Å². The predicted molar refractivity (Wildman–Crippen MR) is 56.8 cm³/mol. The third kappa shape index (κ3) is 2.59. The van der Waals surface area contributed by atoms with E-state index in [0.29, 0.717) is 5.57 Å². The molecule has 0 radical (unpaired) electrons. The molecule has 1 rings (SSSR count). The van der Waals surface area contributed by atoms with Gasteiger partial charge in [0.05, 0.1) is 7.11 Å². The highest BCUT2D eigenvalue weighted by Crippen LogP contribution is 2.29. The molecular weight excluding hydrogens is 176 g/mol. The zero-order valence-electron chi connectivity index (χ0n) is 8.91. The number of methoxy groups -OCH3 is 1. The summed E-state index contributed by atoms with van der Waals surface area (Å²) in [5, 5.41) is 0. The van der Waals surface area contributed by atoms with E-state index in [4.69, 9.17) is 0 Å². The maximum atomic E-state index is 11.2. The molecule has 0 fully saturated rings. The minimum absolute atomic E-state index is 0.0486. The Morgan fingerprint density at radius 1 is 1.50 bits per heavy atom. The van der Waals surface area contributed by atoms with Gasteiger partial charge in [0.15, 0.2) is 0 Å². The van der Waals surface area contributed by atoms with Gasteiger partial charge in [-0.05, 0) is 13.3 Å². The first-order valence-corrected chi connectivity index (χ1v) is 4.69. The molecule has 76 valence electrons. The lowest BCUT2D eigenvalue weighted by atomic mass is 9.82. The lowest BCUT2D eigenvalue weighted by Gasteiger charge is -2.22. The SMILES string of the molecule is COC(=O)/C(C)=C\[C@]1(C)C=CC=CC1. The fraction of sp³-hybridized carbons (Fsp3) is 0.417. The number of ether oxygens (including phenoxy) is 1. The molecule has 0 N–H and O–H groups in total. The lowest BCUT2D eigenvalue weighted by molar-refractivity contribution is -0.136. The molecule has 0 saturated heterocycles. The normalized spacial score (nSPS) is 26.4. The van der Waals surface area contributed by atoms with Crippen LogP contribution in [0, 0.1) is 5.41 Å². The highest BCUT2D eigenvalue weighted by molar-refractivity contribution is 5.87. The van der Waals surface area contributed by atoms with Crippen molar-refractivity contribution in [3.05, 3.63) is 36.0 Å². The predicted octanol–water partition coefficient (Wildman–Crippen LogP) is 2.63. The van der Waals surface area contributed by atoms with Crippen molar-refractivity contribution in [1.29, 1.82) is 0 Å². The van der Waals surface area contributed by atoms with Crippen molar-refractivity contribution in [2.75, 3.05) is 7.11 Å². The number of allylic oxidation sites excluding steroid dienone is 5. The fourth-order valence-corrected chi connectivity index (χ4v) is 1.57. The summed E-state index contributed by atoms with van der Waals surface area (Å²) in [4.78, 5) is 11.2. The molecule has 0 aliphatic heterocycles. The van der Waals surface area contributed by atoms with Gasteiger partial charge in [-0.15, -0.1) is 0 Å². The van der Waals surface area contributed by atoms with Crippen LogP contribution in [0.15, 0.2) is 36.0 Å². The van der Waals surface area contributed by atoms with Crippen LogP contribution in [0.4, 0.5) is 0 Å². The summed E-state index contributed by atoms with van der Waals surface area (Å²) in [5.74, 6) is -0.255. The molecular formula is C12H16O2. The van der Waals surface area contributed by atoms with E-state index in [-0.39, 0.29) is 11.4 Å². The highest BCUT2D eigenvalue weighted by Gasteiger charge is 2.19. The maximum Gasteiger partial charge on any atom is 0.333 e. The summed E-state index contributed by atoms with van der Waals surface area (Å²) >= 11 is 0. The second-order valence-corrected chi connectivity index (χ2v) is 3.82. The van der Waals surface area contributed by atoms with Gasteiger partial charge in [-0.3, -0.25) is 0 Å². The molecule has 0 aromatic heterocycles. The van der Waals surface area contributed by atoms with Gasteiger partial charge in [-0.25, -0.2) is 4.79 Å². The van der Waals surface area contributed by atoms with Crippen LogP contribution < -0.4 is 0 Å². The van der Waals surface area contributed by atoms with Gasteiger partial charge in [-0.2, -0.15) is 0 Å². The standard InChI is InChI=1S/C12H16O2/c1-10(11(13)14-3)9-12(2)7-5-4-6-8-12/h4-7,9H,8H2,1-3H3/b10-9-/t12-/m1/s1. The van der Waals surface area contributed by atoms with Gasteiger partial charge < -0.3 is 4.74 Å². The number of rotatable bonds is 2. The molecule has 2 nitrogen and oxygen atoms in total. The van der Waals surface area contributed by atoms with Gasteiger partial charge in [-0.1, -0.05) is 37.3 Å². The van der Waals surface area contributed by atoms with Crippen molar-refractivity contribution in [3.8, 4) is 0 Å². The van der Waals surface area contributed by atoms with Crippen LogP contribution in [0.25, 0.3) is 0 Å². The smallest absolute Gasteiger partial charge is 0.333 e. The second-order valence-electron chi connectivity index (χ2n) is 3.82. The van der Waals surface area contributed by atoms with Crippen molar-refractivity contribution in [1.82, 2.24) is 0 Å². The van der Waals surface area contributed by atoms with Gasteiger partial charge >= 0.3 is 5.97 Å². The van der Waals surface area contributed by atoms with Gasteiger partial charge in [0.25, 0.3) is 0 Å². The lowest BCUT2D eigenvalue weighted by Crippen LogP contribution is -2.13. The van der Waals surface area contributed by atoms with E-state index in [1.165, 1.54) is 7.11 Å². The quantitative estimate of drug-likeness (QED) is 0.496. The van der Waals surface area contributed by atoms with Crippen LogP contribution >= 0.6 is 0 Å². The monoisotopic (exact) mass is 192 g/mol. The van der Waals surface area contributed by atoms with Gasteiger partial charge in [0.2, 0.25) is 0 Å². The largest absolute Gasteiger partial charge is 0.466 e. The molecule has 0 bridgehead atoms. The fourth-order valence-electron chi connectivity index (χ4n) is 1.57. The third-order valence-corrected chi connectivity index (χ3v) is 2.34. The topological polar surface area (TPSA) is 26.3 Å². The Morgan fingerprint density at radius 3 is 2.71 bits per heavy atom. The van der Waals surface area contributed by atoms with Crippen LogP contribution in [-0.4, -0.2) is 13.1 Å². The van der Waals surface area contributed by atoms with Gasteiger partial charge in [0, 0.05) is 11.0 Å². The molecule has 0 aromatic rings. The van der Waals surface area contributed by atoms with E-state index < -0.39 is 0 Å². The van der Waals surface area contributed by atoms with E-state index >= 15 is 0 Å². The summed E-state index contributed by atoms with van der Waals surface area (Å²) in [7, 11) is 1.40. The second kappa shape index (κ2) is 4.27. The summed E-state index contributed by atoms with van der Waals surface area (Å²) in [5.41, 5.74) is 0.613. The molecule has 0 heterocycles. The van der Waals surface area contributed by atoms with E-state index in [0.717, 1.165) is 6.42 Å². The van der Waals surface area contributed by atoms with Crippen molar-refractivity contribution < 1.29 is 9.53 Å². The summed E-state index contributed by atoms with van der Waals surface area (Å²) < 4.78 is 4.65. The minimum Gasteiger partial charge on any atom is -0.466 e. The maximum absolute atomic E-state index is 11.2. The minimum atomic E-state index is -0.255. The first-order chi connectivity index (χ1) is 6.57. The average molecular weight is 192 g/mol. The number of carbonyl (C=O) groups is 1. The Bertz CT molecular complexity index is 310. The highest BCUT2D eigenvalue weighted by atomic mass is 16.5. The zero-order valence-corrected chi connectivity index (χ0v) is 8.91. The van der Waals surface area contributed by atoms with Crippen molar-refractivity contribution in [3.63, 3.8) is 0 Å². The van der Waals surface area contributed by atoms with E-state index in [1.54, 1.807) is 6.92 Å². The average Bonchev–Trinajstić information content (AvgIpc) is 2.17. The van der Waals surface area contributed by atoms with Crippen molar-refractivity contribution in [2.24, 2.45) is 5.41 Å². The molecule has 0 saturated carbocycles. The molecule has 14 heavy (non-hydrogen) atoms. The Morgan fingerprint density at radius 2 is 2.21 bits per heavy atom. The Kier molecular flexibility index (Phi) is 3.28. The Hall–Kier alpha value is -1.31. The number of carbonyl (C=O) groups excluding carboxylic acids is 1.